The van der Waals surface area contributed by atoms with Crippen molar-refractivity contribution in [3.05, 3.63) is 41.7 Å². The molecule has 2 N–H and O–H groups in total. The molecule has 5 nitrogen and oxygen atoms in total. The summed E-state index contributed by atoms with van der Waals surface area (Å²) >= 11 is 0. The maximum absolute atomic E-state index is 13.1. The van der Waals surface area contributed by atoms with Gasteiger partial charge >= 0.3 is 5.97 Å². The standard InChI is InChI=1S/C11H12FNO4S/c1-7(2)6-13-18(16,17)8-3-4-10(12)9(5-8)11(14)15/h3-5,13H,1,6H2,2H3,(H,14,15). The van der Waals surface area contributed by atoms with Crippen molar-refractivity contribution in [2.24, 2.45) is 0 Å². The fraction of sp³-hybridized carbons (Fsp3) is 0.182. The molecule has 0 unspecified atom stereocenters. The number of sulfonamides is 1. The summed E-state index contributed by atoms with van der Waals surface area (Å²) in [6, 6.07) is 2.58. The van der Waals surface area contributed by atoms with Crippen LogP contribution >= 0.6 is 0 Å². The Hall–Kier alpha value is -1.73. The Morgan fingerprint density at radius 2 is 2.11 bits per heavy atom. The summed E-state index contributed by atoms with van der Waals surface area (Å²) in [5.41, 5.74) is -0.0904. The fourth-order valence-corrected chi connectivity index (χ4v) is 2.26. The van der Waals surface area contributed by atoms with Gasteiger partial charge in [0, 0.05) is 6.54 Å². The van der Waals surface area contributed by atoms with Gasteiger partial charge in [0.25, 0.3) is 0 Å². The summed E-state index contributed by atoms with van der Waals surface area (Å²) in [5.74, 6) is -2.51. The number of aromatic carboxylic acids is 1. The summed E-state index contributed by atoms with van der Waals surface area (Å²) in [6.45, 7) is 5.20. The smallest absolute Gasteiger partial charge is 0.338 e. The van der Waals surface area contributed by atoms with Crippen molar-refractivity contribution in [2.45, 2.75) is 11.8 Å². The van der Waals surface area contributed by atoms with Crippen LogP contribution in [0.5, 0.6) is 0 Å². The third kappa shape index (κ3) is 3.38. The molecule has 18 heavy (non-hydrogen) atoms. The number of carboxylic acid groups (broad SMARTS) is 1. The van der Waals surface area contributed by atoms with Crippen LogP contribution in [0.1, 0.15) is 17.3 Å². The summed E-state index contributed by atoms with van der Waals surface area (Å²) in [4.78, 5) is 10.4. The summed E-state index contributed by atoms with van der Waals surface area (Å²) in [7, 11) is -3.87. The van der Waals surface area contributed by atoms with Crippen LogP contribution < -0.4 is 4.72 Å². The lowest BCUT2D eigenvalue weighted by molar-refractivity contribution is 0.0691. The molecule has 0 saturated heterocycles. The Morgan fingerprint density at radius 3 is 2.61 bits per heavy atom. The second-order valence-corrected chi connectivity index (χ2v) is 5.50. The van der Waals surface area contributed by atoms with Crippen molar-refractivity contribution >= 4 is 16.0 Å². The van der Waals surface area contributed by atoms with Crippen LogP contribution in [0, 0.1) is 5.82 Å². The van der Waals surface area contributed by atoms with E-state index in [4.69, 9.17) is 5.11 Å². The molecule has 0 aliphatic heterocycles. The quantitative estimate of drug-likeness (QED) is 0.794. The van der Waals surface area contributed by atoms with E-state index in [1.807, 2.05) is 0 Å². The molecule has 0 heterocycles. The summed E-state index contributed by atoms with van der Waals surface area (Å²) < 4.78 is 38.8. The second kappa shape index (κ2) is 5.28. The number of rotatable bonds is 5. The number of nitrogens with one attached hydrogen (secondary N) is 1. The largest absolute Gasteiger partial charge is 0.478 e. The van der Waals surface area contributed by atoms with Crippen molar-refractivity contribution in [1.82, 2.24) is 4.72 Å². The predicted molar refractivity (Wildman–Crippen MR) is 63.4 cm³/mol. The molecule has 0 bridgehead atoms. The molecule has 1 aromatic carbocycles. The number of halogens is 1. The fourth-order valence-electron chi connectivity index (χ4n) is 1.14. The molecular formula is C11H12FNO4S. The average Bonchev–Trinajstić information content (AvgIpc) is 2.26. The molecule has 0 aliphatic carbocycles. The van der Waals surface area contributed by atoms with Gasteiger partial charge in [-0.15, -0.1) is 0 Å². The van der Waals surface area contributed by atoms with Gasteiger partial charge in [-0.25, -0.2) is 22.3 Å². The van der Waals surface area contributed by atoms with E-state index in [9.17, 15) is 17.6 Å². The molecule has 1 rings (SSSR count). The highest BCUT2D eigenvalue weighted by atomic mass is 32.2. The van der Waals surface area contributed by atoms with Gasteiger partial charge in [0.05, 0.1) is 10.5 Å². The van der Waals surface area contributed by atoms with Gasteiger partial charge in [0.1, 0.15) is 5.82 Å². The topological polar surface area (TPSA) is 83.5 Å². The van der Waals surface area contributed by atoms with Crippen LogP contribution in [0.15, 0.2) is 35.2 Å². The van der Waals surface area contributed by atoms with Crippen LogP contribution in [0.2, 0.25) is 0 Å². The first-order valence-electron chi connectivity index (χ1n) is 4.91. The number of hydrogen-bond donors (Lipinski definition) is 2. The van der Waals surface area contributed by atoms with Crippen molar-refractivity contribution < 1.29 is 22.7 Å². The molecular weight excluding hydrogens is 261 g/mol. The van der Waals surface area contributed by atoms with E-state index in [1.165, 1.54) is 0 Å². The van der Waals surface area contributed by atoms with E-state index in [-0.39, 0.29) is 11.4 Å². The van der Waals surface area contributed by atoms with Crippen LogP contribution in [0.25, 0.3) is 0 Å². The van der Waals surface area contributed by atoms with Crippen LogP contribution in [0.3, 0.4) is 0 Å². The zero-order chi connectivity index (χ0) is 13.9. The molecule has 0 spiro atoms. The van der Waals surface area contributed by atoms with Crippen LogP contribution in [0.4, 0.5) is 4.39 Å². The highest BCUT2D eigenvalue weighted by Gasteiger charge is 2.18. The summed E-state index contributed by atoms with van der Waals surface area (Å²) in [5, 5.41) is 8.70. The van der Waals surface area contributed by atoms with Crippen molar-refractivity contribution in [3.63, 3.8) is 0 Å². The van der Waals surface area contributed by atoms with E-state index in [0.717, 1.165) is 18.2 Å². The van der Waals surface area contributed by atoms with E-state index in [0.29, 0.717) is 5.57 Å². The lowest BCUT2D eigenvalue weighted by atomic mass is 10.2. The van der Waals surface area contributed by atoms with E-state index >= 15 is 0 Å². The molecule has 0 fully saturated rings. The highest BCUT2D eigenvalue weighted by Crippen LogP contribution is 2.15. The number of benzene rings is 1. The Balaban J connectivity index is 3.14. The highest BCUT2D eigenvalue weighted by molar-refractivity contribution is 7.89. The number of hydrogen-bond acceptors (Lipinski definition) is 3. The van der Waals surface area contributed by atoms with E-state index in [2.05, 4.69) is 11.3 Å². The van der Waals surface area contributed by atoms with Crippen molar-refractivity contribution in [1.29, 1.82) is 0 Å². The number of carbonyl (C=O) groups is 1. The second-order valence-electron chi connectivity index (χ2n) is 3.73. The Kier molecular flexibility index (Phi) is 4.20. The lowest BCUT2D eigenvalue weighted by Crippen LogP contribution is -2.25. The normalized spacial score (nSPS) is 11.2. The SMILES string of the molecule is C=C(C)CNS(=O)(=O)c1ccc(F)c(C(=O)O)c1. The molecule has 98 valence electrons. The summed E-state index contributed by atoms with van der Waals surface area (Å²) in [6.07, 6.45) is 0. The molecule has 1 aromatic rings. The molecule has 0 aromatic heterocycles. The maximum Gasteiger partial charge on any atom is 0.338 e. The molecule has 0 saturated carbocycles. The minimum absolute atomic E-state index is 0.0299. The van der Waals surface area contributed by atoms with Gasteiger partial charge in [-0.3, -0.25) is 0 Å². The molecule has 0 aliphatic rings. The van der Waals surface area contributed by atoms with Crippen molar-refractivity contribution in [2.75, 3.05) is 6.54 Å². The van der Waals surface area contributed by atoms with E-state index < -0.39 is 27.4 Å². The molecule has 0 atom stereocenters. The van der Waals surface area contributed by atoms with Gasteiger partial charge < -0.3 is 5.11 Å². The minimum Gasteiger partial charge on any atom is -0.478 e. The van der Waals surface area contributed by atoms with Crippen molar-refractivity contribution in [3.8, 4) is 0 Å². The molecule has 0 amide bonds. The third-order valence-electron chi connectivity index (χ3n) is 2.04. The van der Waals surface area contributed by atoms with Gasteiger partial charge in [0.2, 0.25) is 10.0 Å². The van der Waals surface area contributed by atoms with Gasteiger partial charge in [-0.05, 0) is 25.1 Å². The molecule has 0 radical (unpaired) electrons. The van der Waals surface area contributed by atoms with Gasteiger partial charge in [0.15, 0.2) is 0 Å². The zero-order valence-electron chi connectivity index (χ0n) is 9.60. The molecule has 7 heteroatoms. The maximum atomic E-state index is 13.1. The Morgan fingerprint density at radius 1 is 1.50 bits per heavy atom. The Labute approximate surface area is 104 Å². The number of carboxylic acids is 1. The van der Waals surface area contributed by atoms with E-state index in [1.54, 1.807) is 6.92 Å². The van der Waals surface area contributed by atoms with Gasteiger partial charge in [-0.2, -0.15) is 0 Å². The van der Waals surface area contributed by atoms with Crippen LogP contribution in [-0.2, 0) is 10.0 Å². The lowest BCUT2D eigenvalue weighted by Gasteiger charge is -2.07. The van der Waals surface area contributed by atoms with Crippen LogP contribution in [-0.4, -0.2) is 26.0 Å². The third-order valence-corrected chi connectivity index (χ3v) is 3.44. The van der Waals surface area contributed by atoms with Gasteiger partial charge in [-0.1, -0.05) is 12.2 Å². The minimum atomic E-state index is -3.87. The average molecular weight is 273 g/mol. The Bertz CT molecular complexity index is 595. The first-order chi connectivity index (χ1) is 8.24. The first kappa shape index (κ1) is 14.3. The zero-order valence-corrected chi connectivity index (χ0v) is 10.4. The monoisotopic (exact) mass is 273 g/mol. The first-order valence-corrected chi connectivity index (χ1v) is 6.39. The predicted octanol–water partition coefficient (Wildman–Crippen LogP) is 1.38.